The number of amides is 1. The van der Waals surface area contributed by atoms with Crippen molar-refractivity contribution in [3.05, 3.63) is 29.3 Å². The van der Waals surface area contributed by atoms with Gasteiger partial charge in [-0.15, -0.1) is 0 Å². The summed E-state index contributed by atoms with van der Waals surface area (Å²) in [6.07, 6.45) is 4.64. The number of carboxylic acids is 1. The predicted octanol–water partition coefficient (Wildman–Crippen LogP) is 4.46. The summed E-state index contributed by atoms with van der Waals surface area (Å²) in [6, 6.07) is 4.38. The molecule has 0 saturated carbocycles. The Kier molecular flexibility index (Phi) is 11.3. The number of likely N-dealkylation sites (tertiary alicyclic amines) is 1. The second-order valence-corrected chi connectivity index (χ2v) is 5.25. The fourth-order valence-electron chi connectivity index (χ4n) is 2.07. The first-order chi connectivity index (χ1) is 11.5. The molecule has 0 radical (unpaired) electrons. The quantitative estimate of drug-likeness (QED) is 0.880. The highest BCUT2D eigenvalue weighted by Gasteiger charge is 2.21. The molecule has 1 aromatic carbocycles. The third-order valence-electron chi connectivity index (χ3n) is 3.53. The Balaban J connectivity index is 0.000000773. The van der Waals surface area contributed by atoms with Crippen molar-refractivity contribution in [2.24, 2.45) is 0 Å². The number of aromatic carboxylic acids is 1. The Morgan fingerprint density at radius 1 is 1.04 bits per heavy atom. The Hall–Kier alpha value is -2.04. The molecule has 0 atom stereocenters. The van der Waals surface area contributed by atoms with Crippen LogP contribution in [0.5, 0.6) is 5.75 Å². The number of nitrogens with zero attached hydrogens (tertiary/aromatic N) is 1. The van der Waals surface area contributed by atoms with Gasteiger partial charge in [0, 0.05) is 18.7 Å². The van der Waals surface area contributed by atoms with Gasteiger partial charge in [0.1, 0.15) is 5.75 Å². The van der Waals surface area contributed by atoms with Gasteiger partial charge in [-0.1, -0.05) is 40.5 Å². The maximum atomic E-state index is 12.2. The highest BCUT2D eigenvalue weighted by atomic mass is 16.5. The van der Waals surface area contributed by atoms with Crippen molar-refractivity contribution in [2.45, 2.75) is 53.4 Å². The van der Waals surface area contributed by atoms with Crippen molar-refractivity contribution in [2.75, 3.05) is 20.2 Å². The molecular formula is C19H31NO4. The van der Waals surface area contributed by atoms with Gasteiger partial charge < -0.3 is 14.7 Å². The Morgan fingerprint density at radius 3 is 1.96 bits per heavy atom. The van der Waals surface area contributed by atoms with Crippen LogP contribution < -0.4 is 4.74 Å². The molecule has 1 aromatic rings. The van der Waals surface area contributed by atoms with Crippen molar-refractivity contribution in [1.29, 1.82) is 0 Å². The molecule has 1 saturated heterocycles. The zero-order valence-corrected chi connectivity index (χ0v) is 15.6. The number of benzene rings is 1. The van der Waals surface area contributed by atoms with Crippen LogP contribution >= 0.6 is 0 Å². The summed E-state index contributed by atoms with van der Waals surface area (Å²) < 4.78 is 5.02. The molecule has 136 valence electrons. The minimum Gasteiger partial charge on any atom is -0.497 e. The van der Waals surface area contributed by atoms with E-state index in [1.165, 1.54) is 32.1 Å². The summed E-state index contributed by atoms with van der Waals surface area (Å²) in [5, 5.41) is 9.00. The van der Waals surface area contributed by atoms with Gasteiger partial charge in [0.2, 0.25) is 0 Å². The molecule has 1 heterocycles. The number of ether oxygens (including phenoxy) is 1. The number of hydrogen-bond acceptors (Lipinski definition) is 3. The van der Waals surface area contributed by atoms with Crippen LogP contribution in [0.25, 0.3) is 0 Å². The molecule has 5 heteroatoms. The molecule has 2 rings (SSSR count). The highest BCUT2D eigenvalue weighted by Crippen LogP contribution is 2.20. The molecule has 1 fully saturated rings. The summed E-state index contributed by atoms with van der Waals surface area (Å²) >= 11 is 0. The fraction of sp³-hybridized carbons (Fsp3) is 0.579. The highest BCUT2D eigenvalue weighted by molar-refractivity contribution is 5.98. The lowest BCUT2D eigenvalue weighted by Crippen LogP contribution is -2.27. The van der Waals surface area contributed by atoms with Crippen LogP contribution in [0.3, 0.4) is 0 Å². The zero-order valence-electron chi connectivity index (χ0n) is 15.6. The smallest absolute Gasteiger partial charge is 0.335 e. The molecule has 5 nitrogen and oxygen atoms in total. The number of methoxy groups -OCH3 is 1. The largest absolute Gasteiger partial charge is 0.497 e. The molecule has 24 heavy (non-hydrogen) atoms. The second kappa shape index (κ2) is 12.4. The van der Waals surface area contributed by atoms with Gasteiger partial charge in [-0.2, -0.15) is 0 Å². The average Bonchev–Trinajstić information content (AvgIpc) is 3.17. The Bertz CT molecular complexity index is 506. The van der Waals surface area contributed by atoms with E-state index >= 15 is 0 Å². The molecule has 0 unspecified atom stereocenters. The third-order valence-corrected chi connectivity index (χ3v) is 3.53. The first-order valence-electron chi connectivity index (χ1n) is 8.75. The SMILES string of the molecule is CC.CCCC.COc1cc(C(=O)O)cc(C(=O)N2CCCC2)c1. The van der Waals surface area contributed by atoms with Crippen molar-refractivity contribution >= 4 is 11.9 Å². The van der Waals surface area contributed by atoms with E-state index in [-0.39, 0.29) is 11.5 Å². The van der Waals surface area contributed by atoms with Gasteiger partial charge in [0.15, 0.2) is 0 Å². The van der Waals surface area contributed by atoms with E-state index in [2.05, 4.69) is 13.8 Å². The number of carboxylic acid groups (broad SMARTS) is 1. The summed E-state index contributed by atoms with van der Waals surface area (Å²) in [6.45, 7) is 9.83. The van der Waals surface area contributed by atoms with Gasteiger partial charge in [0.05, 0.1) is 12.7 Å². The summed E-state index contributed by atoms with van der Waals surface area (Å²) in [5.74, 6) is -0.810. The lowest BCUT2D eigenvalue weighted by atomic mass is 10.1. The van der Waals surface area contributed by atoms with Crippen LogP contribution in [0, 0.1) is 0 Å². The van der Waals surface area contributed by atoms with Crippen LogP contribution in [0.2, 0.25) is 0 Å². The normalized spacial score (nSPS) is 12.5. The number of carbonyl (C=O) groups is 2. The minimum absolute atomic E-state index is 0.0666. The number of rotatable bonds is 4. The van der Waals surface area contributed by atoms with Crippen LogP contribution in [0.4, 0.5) is 0 Å². The maximum absolute atomic E-state index is 12.2. The second-order valence-electron chi connectivity index (χ2n) is 5.25. The van der Waals surface area contributed by atoms with E-state index in [1.54, 1.807) is 11.0 Å². The van der Waals surface area contributed by atoms with E-state index in [0.717, 1.165) is 25.9 Å². The first kappa shape index (κ1) is 22.0. The van der Waals surface area contributed by atoms with E-state index in [1.807, 2.05) is 13.8 Å². The van der Waals surface area contributed by atoms with E-state index < -0.39 is 5.97 Å². The molecule has 0 bridgehead atoms. The molecule has 0 aromatic heterocycles. The standard InChI is InChI=1S/C13H15NO4.C4H10.C2H6/c1-18-11-7-9(6-10(8-11)13(16)17)12(15)14-4-2-3-5-14;1-3-4-2;1-2/h6-8H,2-5H2,1H3,(H,16,17);3-4H2,1-2H3;1-2H3. The van der Waals surface area contributed by atoms with Crippen molar-refractivity contribution in [3.8, 4) is 5.75 Å². The Morgan fingerprint density at radius 2 is 1.54 bits per heavy atom. The topological polar surface area (TPSA) is 66.8 Å². The molecule has 1 aliphatic heterocycles. The van der Waals surface area contributed by atoms with Gasteiger partial charge >= 0.3 is 5.97 Å². The van der Waals surface area contributed by atoms with Crippen molar-refractivity contribution in [1.82, 2.24) is 4.90 Å². The molecule has 0 spiro atoms. The number of carbonyl (C=O) groups excluding carboxylic acids is 1. The van der Waals surface area contributed by atoms with Crippen LogP contribution in [-0.4, -0.2) is 42.1 Å². The average molecular weight is 337 g/mol. The number of hydrogen-bond donors (Lipinski definition) is 1. The predicted molar refractivity (Wildman–Crippen MR) is 97.0 cm³/mol. The Labute approximate surface area is 145 Å². The maximum Gasteiger partial charge on any atom is 0.335 e. The van der Waals surface area contributed by atoms with Gasteiger partial charge in [-0.05, 0) is 31.0 Å². The number of unbranched alkanes of at least 4 members (excludes halogenated alkanes) is 1. The molecule has 1 N–H and O–H groups in total. The van der Waals surface area contributed by atoms with Gasteiger partial charge in [0.25, 0.3) is 5.91 Å². The lowest BCUT2D eigenvalue weighted by molar-refractivity contribution is 0.0696. The van der Waals surface area contributed by atoms with Crippen LogP contribution in [0.1, 0.15) is 74.1 Å². The summed E-state index contributed by atoms with van der Waals surface area (Å²) in [7, 11) is 1.45. The first-order valence-corrected chi connectivity index (χ1v) is 8.75. The lowest BCUT2D eigenvalue weighted by Gasteiger charge is -2.16. The molecule has 0 aliphatic carbocycles. The van der Waals surface area contributed by atoms with Crippen molar-refractivity contribution in [3.63, 3.8) is 0 Å². The van der Waals surface area contributed by atoms with E-state index in [9.17, 15) is 9.59 Å². The molecule has 1 aliphatic rings. The van der Waals surface area contributed by atoms with Crippen LogP contribution in [-0.2, 0) is 0 Å². The van der Waals surface area contributed by atoms with E-state index in [0.29, 0.717) is 11.3 Å². The third kappa shape index (κ3) is 7.02. The van der Waals surface area contributed by atoms with Gasteiger partial charge in [-0.25, -0.2) is 4.79 Å². The molecule has 1 amide bonds. The zero-order chi connectivity index (χ0) is 18.5. The van der Waals surface area contributed by atoms with Gasteiger partial charge in [-0.3, -0.25) is 4.79 Å². The minimum atomic E-state index is -1.07. The monoisotopic (exact) mass is 337 g/mol. The summed E-state index contributed by atoms with van der Waals surface area (Å²) in [4.78, 5) is 24.9. The van der Waals surface area contributed by atoms with Crippen LogP contribution in [0.15, 0.2) is 18.2 Å². The van der Waals surface area contributed by atoms with E-state index in [4.69, 9.17) is 9.84 Å². The fourth-order valence-corrected chi connectivity index (χ4v) is 2.07. The van der Waals surface area contributed by atoms with Crippen molar-refractivity contribution < 1.29 is 19.4 Å². The summed E-state index contributed by atoms with van der Waals surface area (Å²) in [5.41, 5.74) is 0.436. The molecular weight excluding hydrogens is 306 g/mol.